The minimum atomic E-state index is 0.276. The zero-order valence-electron chi connectivity index (χ0n) is 10.9. The van der Waals surface area contributed by atoms with Crippen molar-refractivity contribution >= 4 is 0 Å². The SMILES string of the molecule is CCNC(CCc1cnn(C)c1)c1ccncn1. The maximum Gasteiger partial charge on any atom is 0.115 e. The molecule has 0 amide bonds. The summed E-state index contributed by atoms with van der Waals surface area (Å²) in [5.41, 5.74) is 2.31. The third kappa shape index (κ3) is 3.37. The summed E-state index contributed by atoms with van der Waals surface area (Å²) in [7, 11) is 1.94. The molecule has 2 heterocycles. The molecule has 0 aliphatic carbocycles. The van der Waals surface area contributed by atoms with Crippen molar-refractivity contribution in [3.05, 3.63) is 42.2 Å². The maximum absolute atomic E-state index is 4.32. The van der Waals surface area contributed by atoms with E-state index in [1.165, 1.54) is 5.56 Å². The first kappa shape index (κ1) is 12.7. The number of hydrogen-bond donors (Lipinski definition) is 1. The Labute approximate surface area is 107 Å². The van der Waals surface area contributed by atoms with Gasteiger partial charge in [-0.15, -0.1) is 0 Å². The first-order valence-corrected chi connectivity index (χ1v) is 6.26. The minimum Gasteiger partial charge on any atom is -0.309 e. The summed E-state index contributed by atoms with van der Waals surface area (Å²) >= 11 is 0. The van der Waals surface area contributed by atoms with Gasteiger partial charge in [0.25, 0.3) is 0 Å². The molecule has 0 radical (unpaired) electrons. The number of nitrogens with one attached hydrogen (secondary N) is 1. The molecule has 1 unspecified atom stereocenters. The van der Waals surface area contributed by atoms with E-state index >= 15 is 0 Å². The summed E-state index contributed by atoms with van der Waals surface area (Å²) in [4.78, 5) is 8.28. The predicted molar refractivity (Wildman–Crippen MR) is 70.0 cm³/mol. The van der Waals surface area contributed by atoms with E-state index in [-0.39, 0.29) is 6.04 Å². The van der Waals surface area contributed by atoms with Crippen molar-refractivity contribution in [2.45, 2.75) is 25.8 Å². The van der Waals surface area contributed by atoms with Crippen LogP contribution in [-0.4, -0.2) is 26.3 Å². The molecule has 96 valence electrons. The van der Waals surface area contributed by atoms with Crippen LogP contribution in [0.2, 0.25) is 0 Å². The van der Waals surface area contributed by atoms with Crippen LogP contribution in [0.5, 0.6) is 0 Å². The van der Waals surface area contributed by atoms with Crippen molar-refractivity contribution < 1.29 is 0 Å². The van der Waals surface area contributed by atoms with Crippen LogP contribution in [0.1, 0.15) is 30.6 Å². The van der Waals surface area contributed by atoms with Crippen molar-refractivity contribution in [2.75, 3.05) is 6.54 Å². The highest BCUT2D eigenvalue weighted by atomic mass is 15.2. The van der Waals surface area contributed by atoms with Gasteiger partial charge in [0.1, 0.15) is 6.33 Å². The van der Waals surface area contributed by atoms with Crippen LogP contribution in [0.4, 0.5) is 0 Å². The molecule has 0 saturated carbocycles. The van der Waals surface area contributed by atoms with Gasteiger partial charge in [-0.1, -0.05) is 6.92 Å². The van der Waals surface area contributed by atoms with E-state index in [1.54, 1.807) is 12.5 Å². The Hall–Kier alpha value is -1.75. The highest BCUT2D eigenvalue weighted by Gasteiger charge is 2.11. The number of rotatable bonds is 6. The van der Waals surface area contributed by atoms with Gasteiger partial charge >= 0.3 is 0 Å². The first-order valence-electron chi connectivity index (χ1n) is 6.26. The lowest BCUT2D eigenvalue weighted by atomic mass is 10.0. The molecule has 5 nitrogen and oxygen atoms in total. The van der Waals surface area contributed by atoms with Crippen molar-refractivity contribution in [2.24, 2.45) is 7.05 Å². The Morgan fingerprint density at radius 3 is 2.94 bits per heavy atom. The molecule has 18 heavy (non-hydrogen) atoms. The van der Waals surface area contributed by atoms with E-state index < -0.39 is 0 Å². The van der Waals surface area contributed by atoms with E-state index in [4.69, 9.17) is 0 Å². The highest BCUT2D eigenvalue weighted by molar-refractivity contribution is 5.08. The second kappa shape index (κ2) is 6.26. The lowest BCUT2D eigenvalue weighted by Gasteiger charge is -2.16. The van der Waals surface area contributed by atoms with Gasteiger partial charge < -0.3 is 5.32 Å². The van der Waals surface area contributed by atoms with Gasteiger partial charge in [-0.3, -0.25) is 4.68 Å². The lowest BCUT2D eigenvalue weighted by molar-refractivity contribution is 0.503. The van der Waals surface area contributed by atoms with Crippen LogP contribution in [0.3, 0.4) is 0 Å². The molecule has 1 N–H and O–H groups in total. The van der Waals surface area contributed by atoms with Crippen molar-refractivity contribution in [1.82, 2.24) is 25.1 Å². The molecule has 2 aromatic heterocycles. The molecule has 2 rings (SSSR count). The Kier molecular flexibility index (Phi) is 4.41. The standard InChI is InChI=1S/C13H19N5/c1-3-15-12(13-6-7-14-10-16-13)5-4-11-8-17-18(2)9-11/h6-10,12,15H,3-5H2,1-2H3. The number of nitrogens with zero attached hydrogens (tertiary/aromatic N) is 4. The van der Waals surface area contributed by atoms with Crippen LogP contribution in [0.15, 0.2) is 31.0 Å². The molecule has 0 saturated heterocycles. The number of aryl methyl sites for hydroxylation is 2. The van der Waals surface area contributed by atoms with Crippen LogP contribution >= 0.6 is 0 Å². The van der Waals surface area contributed by atoms with Gasteiger partial charge in [0.15, 0.2) is 0 Å². The Bertz CT molecular complexity index is 465. The topological polar surface area (TPSA) is 55.6 Å². The van der Waals surface area contributed by atoms with E-state index in [0.29, 0.717) is 0 Å². The van der Waals surface area contributed by atoms with Gasteiger partial charge in [-0.05, 0) is 31.0 Å². The number of aromatic nitrogens is 4. The van der Waals surface area contributed by atoms with Crippen LogP contribution in [0, 0.1) is 0 Å². The summed E-state index contributed by atoms with van der Waals surface area (Å²) < 4.78 is 1.84. The third-order valence-corrected chi connectivity index (χ3v) is 2.89. The second-order valence-electron chi connectivity index (χ2n) is 4.31. The van der Waals surface area contributed by atoms with Crippen LogP contribution < -0.4 is 5.32 Å². The molecule has 1 atom stereocenters. The second-order valence-corrected chi connectivity index (χ2v) is 4.31. The largest absolute Gasteiger partial charge is 0.309 e. The molecular formula is C13H19N5. The Morgan fingerprint density at radius 2 is 2.33 bits per heavy atom. The zero-order valence-corrected chi connectivity index (χ0v) is 10.9. The molecule has 5 heteroatoms. The van der Waals surface area contributed by atoms with E-state index in [9.17, 15) is 0 Å². The quantitative estimate of drug-likeness (QED) is 0.838. The minimum absolute atomic E-state index is 0.276. The first-order chi connectivity index (χ1) is 8.79. The lowest BCUT2D eigenvalue weighted by Crippen LogP contribution is -2.22. The summed E-state index contributed by atoms with van der Waals surface area (Å²) in [5.74, 6) is 0. The molecule has 0 fully saturated rings. The van der Waals surface area contributed by atoms with Crippen molar-refractivity contribution in [3.63, 3.8) is 0 Å². The van der Waals surface area contributed by atoms with E-state index in [1.807, 2.05) is 24.0 Å². The van der Waals surface area contributed by atoms with Crippen LogP contribution in [0.25, 0.3) is 0 Å². The van der Waals surface area contributed by atoms with Crippen molar-refractivity contribution in [3.8, 4) is 0 Å². The van der Waals surface area contributed by atoms with Gasteiger partial charge in [0.2, 0.25) is 0 Å². The van der Waals surface area contributed by atoms with Crippen molar-refractivity contribution in [1.29, 1.82) is 0 Å². The third-order valence-electron chi connectivity index (χ3n) is 2.89. The summed E-state index contributed by atoms with van der Waals surface area (Å²) in [6.07, 6.45) is 9.37. The zero-order chi connectivity index (χ0) is 12.8. The van der Waals surface area contributed by atoms with Crippen LogP contribution in [-0.2, 0) is 13.5 Å². The fraction of sp³-hybridized carbons (Fsp3) is 0.462. The molecule has 0 aliphatic heterocycles. The normalized spacial score (nSPS) is 12.6. The fourth-order valence-electron chi connectivity index (χ4n) is 2.02. The average Bonchev–Trinajstić information content (AvgIpc) is 2.81. The van der Waals surface area contributed by atoms with E-state index in [0.717, 1.165) is 25.1 Å². The average molecular weight is 245 g/mol. The molecule has 2 aromatic rings. The maximum atomic E-state index is 4.32. The molecule has 0 aliphatic rings. The summed E-state index contributed by atoms with van der Waals surface area (Å²) in [6.45, 7) is 3.04. The summed E-state index contributed by atoms with van der Waals surface area (Å²) in [6, 6.07) is 2.24. The molecule has 0 bridgehead atoms. The fourth-order valence-corrected chi connectivity index (χ4v) is 2.02. The van der Waals surface area contributed by atoms with Gasteiger partial charge in [0, 0.05) is 25.5 Å². The molecule has 0 aromatic carbocycles. The smallest absolute Gasteiger partial charge is 0.115 e. The Balaban J connectivity index is 1.98. The predicted octanol–water partition coefficient (Wildman–Crippen LogP) is 1.49. The molecular weight excluding hydrogens is 226 g/mol. The monoisotopic (exact) mass is 245 g/mol. The molecule has 0 spiro atoms. The van der Waals surface area contributed by atoms with Gasteiger partial charge in [0.05, 0.1) is 11.9 Å². The van der Waals surface area contributed by atoms with Gasteiger partial charge in [-0.2, -0.15) is 5.10 Å². The highest BCUT2D eigenvalue weighted by Crippen LogP contribution is 2.16. The number of hydrogen-bond acceptors (Lipinski definition) is 4. The van der Waals surface area contributed by atoms with E-state index in [2.05, 4.69) is 33.5 Å². The van der Waals surface area contributed by atoms with Gasteiger partial charge in [-0.25, -0.2) is 9.97 Å². The summed E-state index contributed by atoms with van der Waals surface area (Å²) in [5, 5.41) is 7.64. The Morgan fingerprint density at radius 1 is 1.44 bits per heavy atom.